The third-order valence-corrected chi connectivity index (χ3v) is 6.95. The Morgan fingerprint density at radius 2 is 1.66 bits per heavy atom. The maximum Gasteiger partial charge on any atom is 0.303 e. The number of benzene rings is 3. The van der Waals surface area contributed by atoms with E-state index in [9.17, 15) is 17.6 Å². The number of amides is 1. The van der Waals surface area contributed by atoms with Crippen molar-refractivity contribution in [1.82, 2.24) is 4.31 Å². The number of hydrogen-bond acceptors (Lipinski definition) is 3. The van der Waals surface area contributed by atoms with Crippen LogP contribution in [0.3, 0.4) is 0 Å². The van der Waals surface area contributed by atoms with Crippen LogP contribution >= 0.6 is 23.2 Å². The molecule has 3 aromatic rings. The Morgan fingerprint density at radius 1 is 1.00 bits per heavy atom. The Labute approximate surface area is 196 Å². The van der Waals surface area contributed by atoms with Crippen LogP contribution in [0, 0.1) is 5.82 Å². The monoisotopic (exact) mass is 495 g/mol. The van der Waals surface area contributed by atoms with E-state index in [1.807, 2.05) is 0 Å². The fourth-order valence-corrected chi connectivity index (χ4v) is 4.30. The molecule has 3 aromatic carbocycles. The summed E-state index contributed by atoms with van der Waals surface area (Å²) >= 11 is 12.0. The molecule has 0 spiro atoms. The van der Waals surface area contributed by atoms with Crippen LogP contribution in [-0.2, 0) is 16.8 Å². The summed E-state index contributed by atoms with van der Waals surface area (Å²) in [4.78, 5) is 12.6. The van der Waals surface area contributed by atoms with Gasteiger partial charge >= 0.3 is 10.2 Å². The van der Waals surface area contributed by atoms with Crippen molar-refractivity contribution in [2.45, 2.75) is 6.54 Å². The predicted molar refractivity (Wildman–Crippen MR) is 126 cm³/mol. The molecule has 10 heteroatoms. The van der Waals surface area contributed by atoms with Crippen molar-refractivity contribution in [1.29, 1.82) is 0 Å². The van der Waals surface area contributed by atoms with E-state index in [2.05, 4.69) is 5.32 Å². The summed E-state index contributed by atoms with van der Waals surface area (Å²) in [5.41, 5.74) is 1.20. The molecule has 0 aliphatic rings. The van der Waals surface area contributed by atoms with Gasteiger partial charge in [0, 0.05) is 24.7 Å². The summed E-state index contributed by atoms with van der Waals surface area (Å²) in [6.07, 6.45) is 0. The Bertz CT molecular complexity index is 1240. The third-order valence-electron chi connectivity index (χ3n) is 4.58. The summed E-state index contributed by atoms with van der Waals surface area (Å²) in [5, 5.41) is 3.45. The first-order chi connectivity index (χ1) is 15.1. The zero-order valence-electron chi connectivity index (χ0n) is 17.2. The molecular formula is C22H20Cl2FN3O3S. The fourth-order valence-electron chi connectivity index (χ4n) is 2.86. The van der Waals surface area contributed by atoms with Gasteiger partial charge in [-0.25, -0.2) is 4.39 Å². The first-order valence-corrected chi connectivity index (χ1v) is 11.5. The molecule has 0 atom stereocenters. The molecule has 0 unspecified atom stereocenters. The second kappa shape index (κ2) is 9.87. The second-order valence-electron chi connectivity index (χ2n) is 7.02. The number of carbonyl (C=O) groups excluding carboxylic acids is 1. The van der Waals surface area contributed by atoms with Crippen molar-refractivity contribution < 1.29 is 17.6 Å². The largest absolute Gasteiger partial charge is 0.321 e. The number of para-hydroxylation sites is 1. The zero-order valence-corrected chi connectivity index (χ0v) is 19.5. The Morgan fingerprint density at radius 3 is 2.28 bits per heavy atom. The minimum atomic E-state index is -3.97. The second-order valence-corrected chi connectivity index (χ2v) is 9.93. The molecule has 0 aliphatic heterocycles. The molecule has 0 radical (unpaired) electrons. The maximum atomic E-state index is 14.4. The molecule has 0 saturated heterocycles. The molecule has 1 N–H and O–H groups in total. The molecule has 0 aromatic heterocycles. The molecule has 0 aliphatic carbocycles. The highest BCUT2D eigenvalue weighted by Crippen LogP contribution is 2.27. The molecule has 168 valence electrons. The highest BCUT2D eigenvalue weighted by Gasteiger charge is 2.27. The summed E-state index contributed by atoms with van der Waals surface area (Å²) in [7, 11) is -1.22. The minimum Gasteiger partial charge on any atom is -0.321 e. The van der Waals surface area contributed by atoms with Crippen LogP contribution in [0.4, 0.5) is 15.8 Å². The molecule has 0 saturated carbocycles. The van der Waals surface area contributed by atoms with Gasteiger partial charge in [-0.05, 0) is 48.0 Å². The minimum absolute atomic E-state index is 0.0707. The highest BCUT2D eigenvalue weighted by molar-refractivity contribution is 7.90. The highest BCUT2D eigenvalue weighted by atomic mass is 35.5. The Hall–Kier alpha value is -2.65. The summed E-state index contributed by atoms with van der Waals surface area (Å²) in [6, 6.07) is 16.7. The van der Waals surface area contributed by atoms with Gasteiger partial charge in [-0.1, -0.05) is 47.5 Å². The van der Waals surface area contributed by atoms with E-state index in [1.165, 1.54) is 38.4 Å². The van der Waals surface area contributed by atoms with Crippen molar-refractivity contribution in [3.63, 3.8) is 0 Å². The van der Waals surface area contributed by atoms with Crippen molar-refractivity contribution >= 4 is 50.7 Å². The molecule has 32 heavy (non-hydrogen) atoms. The fraction of sp³-hybridized carbons (Fsp3) is 0.136. The number of nitrogens with zero attached hydrogens (tertiary/aromatic N) is 2. The molecule has 1 amide bonds. The van der Waals surface area contributed by atoms with Gasteiger partial charge in [0.15, 0.2) is 0 Å². The first kappa shape index (κ1) is 24.0. The van der Waals surface area contributed by atoms with Gasteiger partial charge in [-0.3, -0.25) is 9.10 Å². The van der Waals surface area contributed by atoms with Crippen LogP contribution in [-0.4, -0.2) is 32.7 Å². The summed E-state index contributed by atoms with van der Waals surface area (Å²) in [6.45, 7) is -0.122. The van der Waals surface area contributed by atoms with Gasteiger partial charge in [0.1, 0.15) is 5.82 Å². The summed E-state index contributed by atoms with van der Waals surface area (Å²) < 4.78 is 42.0. The molecule has 0 fully saturated rings. The van der Waals surface area contributed by atoms with Crippen LogP contribution < -0.4 is 9.62 Å². The number of nitrogens with one attached hydrogen (secondary N) is 1. The molecule has 0 heterocycles. The lowest BCUT2D eigenvalue weighted by atomic mass is 10.1. The summed E-state index contributed by atoms with van der Waals surface area (Å²) in [5.74, 6) is -1.07. The van der Waals surface area contributed by atoms with E-state index in [0.717, 1.165) is 8.61 Å². The van der Waals surface area contributed by atoms with E-state index in [0.29, 0.717) is 26.9 Å². The van der Waals surface area contributed by atoms with Crippen LogP contribution in [0.25, 0.3) is 0 Å². The van der Waals surface area contributed by atoms with E-state index >= 15 is 0 Å². The lowest BCUT2D eigenvalue weighted by Crippen LogP contribution is -2.40. The SMILES string of the molecule is CN(C)S(=O)(=O)N(Cc1ccc(C(=O)Nc2cc(Cl)ccc2Cl)cc1)c1ccccc1F. The van der Waals surface area contributed by atoms with Gasteiger partial charge < -0.3 is 5.32 Å². The Balaban J connectivity index is 1.84. The average Bonchev–Trinajstić information content (AvgIpc) is 2.75. The number of carbonyl (C=O) groups is 1. The van der Waals surface area contributed by atoms with E-state index in [4.69, 9.17) is 23.2 Å². The van der Waals surface area contributed by atoms with Crippen LogP contribution in [0.5, 0.6) is 0 Å². The Kier molecular flexibility index (Phi) is 7.40. The normalized spacial score (nSPS) is 11.4. The van der Waals surface area contributed by atoms with Crippen LogP contribution in [0.1, 0.15) is 15.9 Å². The van der Waals surface area contributed by atoms with Crippen LogP contribution in [0.15, 0.2) is 66.7 Å². The number of halogens is 3. The lowest BCUT2D eigenvalue weighted by Gasteiger charge is -2.27. The number of hydrogen-bond donors (Lipinski definition) is 1. The molecular weight excluding hydrogens is 476 g/mol. The van der Waals surface area contributed by atoms with Crippen molar-refractivity contribution in [3.8, 4) is 0 Å². The quantitative estimate of drug-likeness (QED) is 0.489. The van der Waals surface area contributed by atoms with Gasteiger partial charge in [-0.2, -0.15) is 12.7 Å². The van der Waals surface area contributed by atoms with E-state index < -0.39 is 21.9 Å². The van der Waals surface area contributed by atoms with Gasteiger partial charge in [0.25, 0.3) is 5.91 Å². The lowest BCUT2D eigenvalue weighted by molar-refractivity contribution is 0.102. The maximum absolute atomic E-state index is 14.4. The zero-order chi connectivity index (χ0) is 23.5. The molecule has 6 nitrogen and oxygen atoms in total. The van der Waals surface area contributed by atoms with E-state index in [-0.39, 0.29) is 12.2 Å². The van der Waals surface area contributed by atoms with E-state index in [1.54, 1.807) is 42.5 Å². The van der Waals surface area contributed by atoms with Gasteiger partial charge in [0.2, 0.25) is 0 Å². The standard InChI is InChI=1S/C22H20Cl2FN3O3S/c1-27(2)32(30,31)28(21-6-4-3-5-19(21)25)14-15-7-9-16(10-8-15)22(29)26-20-13-17(23)11-12-18(20)24/h3-13H,14H2,1-2H3,(H,26,29). The smallest absolute Gasteiger partial charge is 0.303 e. The van der Waals surface area contributed by atoms with Crippen molar-refractivity contribution in [2.24, 2.45) is 0 Å². The first-order valence-electron chi connectivity index (χ1n) is 9.39. The van der Waals surface area contributed by atoms with Gasteiger partial charge in [0.05, 0.1) is 22.9 Å². The number of anilines is 2. The third kappa shape index (κ3) is 5.39. The number of rotatable bonds is 7. The van der Waals surface area contributed by atoms with Crippen LogP contribution in [0.2, 0.25) is 10.0 Å². The molecule has 0 bridgehead atoms. The topological polar surface area (TPSA) is 69.7 Å². The average molecular weight is 496 g/mol. The van der Waals surface area contributed by atoms with Gasteiger partial charge in [-0.15, -0.1) is 0 Å². The van der Waals surface area contributed by atoms with Crippen molar-refractivity contribution in [2.75, 3.05) is 23.7 Å². The van der Waals surface area contributed by atoms with Crippen molar-refractivity contribution in [3.05, 3.63) is 93.7 Å². The molecule has 3 rings (SSSR count). The predicted octanol–water partition coefficient (Wildman–Crippen LogP) is 5.20.